The van der Waals surface area contributed by atoms with E-state index >= 15 is 0 Å². The molecule has 0 atom stereocenters. The molecule has 0 spiro atoms. The second kappa shape index (κ2) is 3.00. The standard InChI is InChI=1S/C10H7F2NO/c11-8-3-7(4-9(12)5-8)10(1-2-10)13-6-14/h3-5H,1-2H2. The van der Waals surface area contributed by atoms with Crippen LogP contribution in [0.2, 0.25) is 0 Å². The van der Waals surface area contributed by atoms with Crippen LogP contribution in [0.25, 0.3) is 0 Å². The highest BCUT2D eigenvalue weighted by atomic mass is 19.1. The summed E-state index contributed by atoms with van der Waals surface area (Å²) >= 11 is 0. The van der Waals surface area contributed by atoms with E-state index in [9.17, 15) is 13.6 Å². The normalized spacial score (nSPS) is 17.3. The fourth-order valence-corrected chi connectivity index (χ4v) is 1.49. The molecular weight excluding hydrogens is 188 g/mol. The molecule has 72 valence electrons. The molecule has 0 N–H and O–H groups in total. The number of benzene rings is 1. The quantitative estimate of drug-likeness (QED) is 0.525. The zero-order valence-electron chi connectivity index (χ0n) is 7.26. The van der Waals surface area contributed by atoms with Gasteiger partial charge in [0.25, 0.3) is 0 Å². The van der Waals surface area contributed by atoms with Gasteiger partial charge in [0.1, 0.15) is 11.6 Å². The first kappa shape index (κ1) is 9.03. The van der Waals surface area contributed by atoms with E-state index in [1.165, 1.54) is 18.2 Å². The van der Waals surface area contributed by atoms with E-state index in [0.717, 1.165) is 6.07 Å². The molecule has 4 heteroatoms. The zero-order valence-corrected chi connectivity index (χ0v) is 7.26. The Labute approximate surface area is 79.3 Å². The molecule has 0 aromatic heterocycles. The summed E-state index contributed by atoms with van der Waals surface area (Å²) in [5.41, 5.74) is -0.289. The molecule has 0 unspecified atom stereocenters. The molecule has 0 saturated heterocycles. The lowest BCUT2D eigenvalue weighted by Gasteiger charge is -2.07. The number of hydrogen-bond donors (Lipinski definition) is 0. The number of carbonyl (C=O) groups excluding carboxylic acids is 1. The maximum absolute atomic E-state index is 12.8. The number of nitrogens with zero attached hydrogens (tertiary/aromatic N) is 1. The molecule has 0 aliphatic heterocycles. The Morgan fingerprint density at radius 3 is 2.21 bits per heavy atom. The third-order valence-corrected chi connectivity index (χ3v) is 2.38. The topological polar surface area (TPSA) is 29.4 Å². The van der Waals surface area contributed by atoms with Crippen LogP contribution >= 0.6 is 0 Å². The Bertz CT molecular complexity index is 400. The highest BCUT2D eigenvalue weighted by Gasteiger charge is 2.45. The van der Waals surface area contributed by atoms with Crippen LogP contribution in [0.4, 0.5) is 8.78 Å². The van der Waals surface area contributed by atoms with Gasteiger partial charge in [-0.25, -0.2) is 13.6 Å². The number of hydrogen-bond acceptors (Lipinski definition) is 2. The third-order valence-electron chi connectivity index (χ3n) is 2.38. The van der Waals surface area contributed by atoms with Gasteiger partial charge in [-0.15, -0.1) is 0 Å². The highest BCUT2D eigenvalue weighted by molar-refractivity contribution is 5.41. The Morgan fingerprint density at radius 1 is 1.21 bits per heavy atom. The average Bonchev–Trinajstić information content (AvgIpc) is 2.84. The summed E-state index contributed by atoms with van der Waals surface area (Å²) in [6.07, 6.45) is 2.73. The van der Waals surface area contributed by atoms with E-state index in [1.54, 1.807) is 0 Å². The van der Waals surface area contributed by atoms with Crippen molar-refractivity contribution in [2.24, 2.45) is 4.99 Å². The first-order chi connectivity index (χ1) is 6.66. The molecule has 0 bridgehead atoms. The van der Waals surface area contributed by atoms with Gasteiger partial charge in [-0.3, -0.25) is 0 Å². The van der Waals surface area contributed by atoms with Gasteiger partial charge in [0.05, 0.1) is 5.54 Å². The van der Waals surface area contributed by atoms with Crippen LogP contribution in [0.1, 0.15) is 18.4 Å². The van der Waals surface area contributed by atoms with Crippen molar-refractivity contribution < 1.29 is 13.6 Å². The minimum atomic E-state index is -0.704. The van der Waals surface area contributed by atoms with Crippen molar-refractivity contribution in [3.63, 3.8) is 0 Å². The lowest BCUT2D eigenvalue weighted by molar-refractivity contribution is 0.551. The maximum Gasteiger partial charge on any atom is 0.235 e. The van der Waals surface area contributed by atoms with Crippen LogP contribution in [-0.4, -0.2) is 6.08 Å². The summed E-state index contributed by atoms with van der Waals surface area (Å²) in [6, 6.07) is 3.21. The number of isocyanates is 1. The monoisotopic (exact) mass is 195 g/mol. The van der Waals surface area contributed by atoms with Gasteiger partial charge in [0, 0.05) is 6.07 Å². The maximum atomic E-state index is 12.8. The molecule has 0 heterocycles. The molecule has 1 saturated carbocycles. The first-order valence-electron chi connectivity index (χ1n) is 4.22. The minimum absolute atomic E-state index is 0.415. The largest absolute Gasteiger partial charge is 0.235 e. The smallest absolute Gasteiger partial charge is 0.211 e. The van der Waals surface area contributed by atoms with Crippen molar-refractivity contribution >= 4 is 6.08 Å². The molecule has 1 aromatic carbocycles. The Morgan fingerprint density at radius 2 is 1.79 bits per heavy atom. The number of aliphatic imine (C=N–C) groups is 1. The van der Waals surface area contributed by atoms with Crippen LogP contribution in [0.15, 0.2) is 23.2 Å². The lowest BCUT2D eigenvalue weighted by Crippen LogP contribution is -2.03. The van der Waals surface area contributed by atoms with Crippen molar-refractivity contribution in [3.8, 4) is 0 Å². The number of halogens is 2. The molecule has 2 nitrogen and oxygen atoms in total. The van der Waals surface area contributed by atoms with Gasteiger partial charge in [-0.2, -0.15) is 4.99 Å². The van der Waals surface area contributed by atoms with Crippen molar-refractivity contribution in [1.29, 1.82) is 0 Å². The van der Waals surface area contributed by atoms with Crippen LogP contribution in [-0.2, 0) is 10.3 Å². The summed E-state index contributed by atoms with van der Waals surface area (Å²) < 4.78 is 25.7. The lowest BCUT2D eigenvalue weighted by atomic mass is 10.1. The van der Waals surface area contributed by atoms with Gasteiger partial charge >= 0.3 is 0 Å². The van der Waals surface area contributed by atoms with E-state index in [4.69, 9.17) is 0 Å². The van der Waals surface area contributed by atoms with Gasteiger partial charge in [-0.05, 0) is 30.5 Å². The summed E-state index contributed by atoms with van der Waals surface area (Å²) in [5.74, 6) is -1.29. The van der Waals surface area contributed by atoms with E-state index in [-0.39, 0.29) is 0 Å². The second-order valence-corrected chi connectivity index (χ2v) is 3.39. The van der Waals surface area contributed by atoms with E-state index in [0.29, 0.717) is 18.4 Å². The van der Waals surface area contributed by atoms with Gasteiger partial charge in [0.15, 0.2) is 0 Å². The summed E-state index contributed by atoms with van der Waals surface area (Å²) in [7, 11) is 0. The SMILES string of the molecule is O=C=NC1(c2cc(F)cc(F)c2)CC1. The summed E-state index contributed by atoms with van der Waals surface area (Å²) in [5, 5.41) is 0. The summed E-state index contributed by atoms with van der Waals surface area (Å²) in [4.78, 5) is 13.7. The molecule has 1 aliphatic carbocycles. The van der Waals surface area contributed by atoms with E-state index < -0.39 is 17.2 Å². The molecular formula is C10H7F2NO. The van der Waals surface area contributed by atoms with Crippen LogP contribution in [0.3, 0.4) is 0 Å². The van der Waals surface area contributed by atoms with Crippen molar-refractivity contribution in [2.75, 3.05) is 0 Å². The predicted molar refractivity (Wildman–Crippen MR) is 45.4 cm³/mol. The van der Waals surface area contributed by atoms with Crippen molar-refractivity contribution in [2.45, 2.75) is 18.4 Å². The molecule has 1 aromatic rings. The van der Waals surface area contributed by atoms with Gasteiger partial charge in [-0.1, -0.05) is 0 Å². The van der Waals surface area contributed by atoms with Crippen LogP contribution in [0, 0.1) is 11.6 Å². The van der Waals surface area contributed by atoms with E-state index in [2.05, 4.69) is 4.99 Å². The molecule has 1 aliphatic rings. The fourth-order valence-electron chi connectivity index (χ4n) is 1.49. The zero-order chi connectivity index (χ0) is 10.2. The highest BCUT2D eigenvalue weighted by Crippen LogP contribution is 2.49. The average molecular weight is 195 g/mol. The summed E-state index contributed by atoms with van der Waals surface area (Å²) in [6.45, 7) is 0. The predicted octanol–water partition coefficient (Wildman–Crippen LogP) is 2.29. The van der Waals surface area contributed by atoms with Gasteiger partial charge in [0.2, 0.25) is 6.08 Å². The molecule has 0 amide bonds. The Hall–Kier alpha value is -1.54. The molecule has 2 rings (SSSR count). The van der Waals surface area contributed by atoms with E-state index in [1.807, 2.05) is 0 Å². The van der Waals surface area contributed by atoms with Gasteiger partial charge < -0.3 is 0 Å². The molecule has 0 radical (unpaired) electrons. The van der Waals surface area contributed by atoms with Crippen LogP contribution < -0.4 is 0 Å². The molecule has 1 fully saturated rings. The Balaban J connectivity index is 2.46. The minimum Gasteiger partial charge on any atom is -0.211 e. The number of rotatable bonds is 2. The fraction of sp³-hybridized carbons (Fsp3) is 0.300. The first-order valence-corrected chi connectivity index (χ1v) is 4.22. The Kier molecular flexibility index (Phi) is 1.93. The van der Waals surface area contributed by atoms with Crippen molar-refractivity contribution in [3.05, 3.63) is 35.4 Å². The second-order valence-electron chi connectivity index (χ2n) is 3.39. The molecule has 14 heavy (non-hydrogen) atoms. The third kappa shape index (κ3) is 1.44. The van der Waals surface area contributed by atoms with Crippen molar-refractivity contribution in [1.82, 2.24) is 0 Å². The van der Waals surface area contributed by atoms with Crippen LogP contribution in [0.5, 0.6) is 0 Å².